The third-order valence-corrected chi connectivity index (χ3v) is 3.02. The summed E-state index contributed by atoms with van der Waals surface area (Å²) < 4.78 is 0. The van der Waals surface area contributed by atoms with Crippen LogP contribution in [0.1, 0.15) is 24.5 Å². The molecule has 0 bridgehead atoms. The normalized spacial score (nSPS) is 15.5. The van der Waals surface area contributed by atoms with Gasteiger partial charge >= 0.3 is 0 Å². The Bertz CT molecular complexity index is 528. The van der Waals surface area contributed by atoms with Crippen LogP contribution in [-0.4, -0.2) is 15.0 Å². The Kier molecular flexibility index (Phi) is 1.92. The molecule has 0 aliphatic heterocycles. The van der Waals surface area contributed by atoms with Gasteiger partial charge in [-0.3, -0.25) is 4.79 Å². The maximum atomic E-state index is 11.4. The van der Waals surface area contributed by atoms with E-state index in [1.807, 2.05) is 5.38 Å². The van der Waals surface area contributed by atoms with Crippen molar-refractivity contribution in [2.75, 3.05) is 0 Å². The highest BCUT2D eigenvalue weighted by molar-refractivity contribution is 7.07. The number of hydrogen-bond donors (Lipinski definition) is 1. The average molecular weight is 219 g/mol. The van der Waals surface area contributed by atoms with Crippen molar-refractivity contribution in [1.29, 1.82) is 0 Å². The lowest BCUT2D eigenvalue weighted by Gasteiger charge is -1.99. The molecule has 0 amide bonds. The van der Waals surface area contributed by atoms with E-state index in [0.717, 1.165) is 24.2 Å². The summed E-state index contributed by atoms with van der Waals surface area (Å²) in [6, 6.07) is 1.59. The van der Waals surface area contributed by atoms with E-state index >= 15 is 0 Å². The second kappa shape index (κ2) is 3.27. The Labute approximate surface area is 90.0 Å². The molecule has 0 saturated heterocycles. The molecule has 0 radical (unpaired) electrons. The fraction of sp³-hybridized carbons (Fsp3) is 0.300. The van der Waals surface area contributed by atoms with E-state index in [1.54, 1.807) is 11.6 Å². The zero-order valence-electron chi connectivity index (χ0n) is 7.93. The van der Waals surface area contributed by atoms with Crippen molar-refractivity contribution in [1.82, 2.24) is 15.0 Å². The van der Waals surface area contributed by atoms with Crippen molar-refractivity contribution >= 4 is 11.3 Å². The van der Waals surface area contributed by atoms with Crippen LogP contribution < -0.4 is 5.56 Å². The molecule has 5 heteroatoms. The highest BCUT2D eigenvalue weighted by Crippen LogP contribution is 2.38. The lowest BCUT2D eigenvalue weighted by Crippen LogP contribution is -2.09. The molecule has 76 valence electrons. The monoisotopic (exact) mass is 219 g/mol. The predicted molar refractivity (Wildman–Crippen MR) is 57.9 cm³/mol. The fourth-order valence-corrected chi connectivity index (χ4v) is 2.05. The Morgan fingerprint density at radius 3 is 3.00 bits per heavy atom. The van der Waals surface area contributed by atoms with Crippen molar-refractivity contribution < 1.29 is 0 Å². The number of aromatic nitrogens is 3. The Hall–Kier alpha value is -1.49. The van der Waals surface area contributed by atoms with Gasteiger partial charge in [0, 0.05) is 17.4 Å². The molecule has 2 aromatic heterocycles. The first-order valence-electron chi connectivity index (χ1n) is 4.83. The molecule has 1 aliphatic rings. The molecule has 1 fully saturated rings. The number of nitrogens with zero attached hydrogens (tertiary/aromatic N) is 2. The topological polar surface area (TPSA) is 58.6 Å². The first kappa shape index (κ1) is 8.79. The van der Waals surface area contributed by atoms with Gasteiger partial charge in [-0.1, -0.05) is 0 Å². The van der Waals surface area contributed by atoms with Gasteiger partial charge < -0.3 is 4.98 Å². The second-order valence-electron chi connectivity index (χ2n) is 3.67. The number of aromatic amines is 1. The summed E-state index contributed by atoms with van der Waals surface area (Å²) in [4.78, 5) is 22.7. The summed E-state index contributed by atoms with van der Waals surface area (Å²) in [6.07, 6.45) is 2.29. The van der Waals surface area contributed by atoms with Crippen LogP contribution in [0.5, 0.6) is 0 Å². The Balaban J connectivity index is 2.11. The number of rotatable bonds is 2. The molecule has 4 nitrogen and oxygen atoms in total. The van der Waals surface area contributed by atoms with Gasteiger partial charge in [-0.2, -0.15) is 0 Å². The number of thiazole rings is 1. The van der Waals surface area contributed by atoms with Gasteiger partial charge in [0.05, 0.1) is 11.2 Å². The fourth-order valence-electron chi connectivity index (χ4n) is 1.52. The number of H-pyrrole nitrogens is 1. The van der Waals surface area contributed by atoms with E-state index < -0.39 is 0 Å². The van der Waals surface area contributed by atoms with E-state index in [4.69, 9.17) is 0 Å². The molecule has 2 aromatic rings. The zero-order chi connectivity index (χ0) is 10.3. The zero-order valence-corrected chi connectivity index (χ0v) is 8.75. The third-order valence-electron chi connectivity index (χ3n) is 2.43. The van der Waals surface area contributed by atoms with Crippen molar-refractivity contribution in [3.63, 3.8) is 0 Å². The lowest BCUT2D eigenvalue weighted by atomic mass is 10.3. The SMILES string of the molecule is O=c1cc(C2CC2)nc(-c2cscn2)[nH]1. The first-order chi connectivity index (χ1) is 7.33. The standard InChI is InChI=1S/C10H9N3OS/c14-9-3-7(6-1-2-6)12-10(13-9)8-4-15-5-11-8/h3-6H,1-2H2,(H,12,13,14). The van der Waals surface area contributed by atoms with Crippen molar-refractivity contribution in [3.05, 3.63) is 33.0 Å². The molecular weight excluding hydrogens is 210 g/mol. The van der Waals surface area contributed by atoms with Gasteiger partial charge in [0.15, 0.2) is 5.82 Å². The second-order valence-corrected chi connectivity index (χ2v) is 4.39. The van der Waals surface area contributed by atoms with Crippen LogP contribution in [0.25, 0.3) is 11.5 Å². The van der Waals surface area contributed by atoms with E-state index in [1.165, 1.54) is 11.3 Å². The third kappa shape index (κ3) is 1.70. The highest BCUT2D eigenvalue weighted by atomic mass is 32.1. The van der Waals surface area contributed by atoms with Crippen LogP contribution in [0.2, 0.25) is 0 Å². The van der Waals surface area contributed by atoms with Crippen LogP contribution >= 0.6 is 11.3 Å². The van der Waals surface area contributed by atoms with Crippen LogP contribution in [0.15, 0.2) is 21.8 Å². The summed E-state index contributed by atoms with van der Waals surface area (Å²) in [6.45, 7) is 0. The van der Waals surface area contributed by atoms with Crippen molar-refractivity contribution in [2.45, 2.75) is 18.8 Å². The molecule has 1 N–H and O–H groups in total. The molecule has 15 heavy (non-hydrogen) atoms. The first-order valence-corrected chi connectivity index (χ1v) is 5.77. The maximum absolute atomic E-state index is 11.4. The maximum Gasteiger partial charge on any atom is 0.251 e. The van der Waals surface area contributed by atoms with Crippen LogP contribution in [0.4, 0.5) is 0 Å². The van der Waals surface area contributed by atoms with Crippen LogP contribution in [0, 0.1) is 0 Å². The summed E-state index contributed by atoms with van der Waals surface area (Å²) in [5.74, 6) is 1.08. The van der Waals surface area contributed by atoms with Gasteiger partial charge in [-0.25, -0.2) is 9.97 Å². The Morgan fingerprint density at radius 1 is 1.47 bits per heavy atom. The molecule has 3 rings (SSSR count). The highest BCUT2D eigenvalue weighted by Gasteiger charge is 2.26. The Morgan fingerprint density at radius 2 is 2.33 bits per heavy atom. The van der Waals surface area contributed by atoms with E-state index in [9.17, 15) is 4.79 Å². The molecule has 2 heterocycles. The summed E-state index contributed by atoms with van der Waals surface area (Å²) in [5.41, 5.74) is 3.30. The lowest BCUT2D eigenvalue weighted by molar-refractivity contribution is 0.972. The molecular formula is C10H9N3OS. The molecule has 1 saturated carbocycles. The van der Waals surface area contributed by atoms with Crippen molar-refractivity contribution in [2.24, 2.45) is 0 Å². The average Bonchev–Trinajstić information content (AvgIpc) is 2.93. The van der Waals surface area contributed by atoms with Gasteiger partial charge in [-0.15, -0.1) is 11.3 Å². The van der Waals surface area contributed by atoms with E-state index in [0.29, 0.717) is 11.7 Å². The van der Waals surface area contributed by atoms with Gasteiger partial charge in [-0.05, 0) is 12.8 Å². The number of nitrogens with one attached hydrogen (secondary N) is 1. The summed E-state index contributed by atoms with van der Waals surface area (Å²) in [7, 11) is 0. The molecule has 0 aromatic carbocycles. The minimum Gasteiger partial charge on any atom is -0.305 e. The minimum atomic E-state index is -0.0881. The van der Waals surface area contributed by atoms with Crippen molar-refractivity contribution in [3.8, 4) is 11.5 Å². The van der Waals surface area contributed by atoms with Crippen LogP contribution in [0.3, 0.4) is 0 Å². The minimum absolute atomic E-state index is 0.0881. The summed E-state index contributed by atoms with van der Waals surface area (Å²) >= 11 is 1.50. The van der Waals surface area contributed by atoms with Crippen LogP contribution in [-0.2, 0) is 0 Å². The molecule has 0 atom stereocenters. The quantitative estimate of drug-likeness (QED) is 0.837. The van der Waals surface area contributed by atoms with Gasteiger partial charge in [0.1, 0.15) is 5.69 Å². The number of hydrogen-bond acceptors (Lipinski definition) is 4. The molecule has 0 spiro atoms. The molecule has 0 unspecified atom stereocenters. The summed E-state index contributed by atoms with van der Waals surface area (Å²) in [5, 5.41) is 1.88. The molecule has 1 aliphatic carbocycles. The largest absolute Gasteiger partial charge is 0.305 e. The smallest absolute Gasteiger partial charge is 0.251 e. The van der Waals surface area contributed by atoms with Gasteiger partial charge in [0.25, 0.3) is 5.56 Å². The van der Waals surface area contributed by atoms with E-state index in [-0.39, 0.29) is 5.56 Å². The van der Waals surface area contributed by atoms with E-state index in [2.05, 4.69) is 15.0 Å². The predicted octanol–water partition coefficient (Wildman–Crippen LogP) is 1.77. The van der Waals surface area contributed by atoms with Gasteiger partial charge in [0.2, 0.25) is 0 Å².